The van der Waals surface area contributed by atoms with Crippen LogP contribution >= 0.6 is 0 Å². The van der Waals surface area contributed by atoms with Crippen molar-refractivity contribution in [3.63, 3.8) is 0 Å². The minimum Gasteiger partial charge on any atom is -0.300 e. The van der Waals surface area contributed by atoms with E-state index in [-0.39, 0.29) is 0 Å². The number of aromatic nitrogens is 11. The molecule has 0 aliphatic heterocycles. The van der Waals surface area contributed by atoms with Crippen LogP contribution in [0.25, 0.3) is 34.0 Å². The average molecular weight is 357 g/mol. The lowest BCUT2D eigenvalue weighted by atomic mass is 10.4. The molecule has 0 unspecified atom stereocenters. The summed E-state index contributed by atoms with van der Waals surface area (Å²) < 4.78 is 7.13. The Morgan fingerprint density at radius 2 is 2.04 bits per heavy atom. The van der Waals surface area contributed by atoms with Crippen LogP contribution < -0.4 is 9.25 Å². The zero-order valence-electron chi connectivity index (χ0n) is 13.7. The van der Waals surface area contributed by atoms with Crippen LogP contribution in [0.2, 0.25) is 0 Å². The normalized spacial score (nSPS) is 11.7. The van der Waals surface area contributed by atoms with E-state index in [1.54, 1.807) is 23.5 Å². The van der Waals surface area contributed by atoms with Gasteiger partial charge in [0.05, 0.1) is 30.4 Å². The number of nitrogens with zero attached hydrogens (tertiary/aromatic N) is 10. The van der Waals surface area contributed by atoms with Gasteiger partial charge >= 0.3 is 11.7 Å². The van der Waals surface area contributed by atoms with Crippen LogP contribution in [0.3, 0.4) is 0 Å². The highest BCUT2D eigenvalue weighted by Gasteiger charge is 2.19. The number of nitrogens with one attached hydrogen (secondary N) is 1. The van der Waals surface area contributed by atoms with Gasteiger partial charge in [0.25, 0.3) is 11.3 Å². The molecule has 6 heterocycles. The third kappa shape index (κ3) is 2.15. The zero-order valence-corrected chi connectivity index (χ0v) is 13.7. The first-order valence-corrected chi connectivity index (χ1v) is 8.10. The van der Waals surface area contributed by atoms with E-state index >= 15 is 0 Å². The fraction of sp³-hybridized carbons (Fsp3) is 0. The van der Waals surface area contributed by atoms with Crippen molar-refractivity contribution in [3.8, 4) is 11.6 Å². The lowest BCUT2D eigenvalue weighted by molar-refractivity contribution is -0.653. The minimum absolute atomic E-state index is 0.470. The predicted octanol–water partition coefficient (Wildman–Crippen LogP) is -0.403. The molecule has 128 valence electrons. The van der Waals surface area contributed by atoms with Crippen molar-refractivity contribution in [2.24, 2.45) is 0 Å². The van der Waals surface area contributed by atoms with E-state index in [4.69, 9.17) is 0 Å². The van der Waals surface area contributed by atoms with Gasteiger partial charge in [-0.2, -0.15) is 9.55 Å². The number of hydrogen-bond acceptors (Lipinski definition) is 6. The highest BCUT2D eigenvalue weighted by atomic mass is 15.4. The number of rotatable bonds is 2. The van der Waals surface area contributed by atoms with Gasteiger partial charge in [-0.3, -0.25) is 4.40 Å². The van der Waals surface area contributed by atoms with Gasteiger partial charge in [0.2, 0.25) is 12.5 Å². The van der Waals surface area contributed by atoms with Crippen LogP contribution in [0.15, 0.2) is 62.2 Å². The summed E-state index contributed by atoms with van der Waals surface area (Å²) >= 11 is 0. The predicted molar refractivity (Wildman–Crippen MR) is 90.0 cm³/mol. The summed E-state index contributed by atoms with van der Waals surface area (Å²) in [6, 6.07) is 4.03. The first kappa shape index (κ1) is 13.9. The summed E-state index contributed by atoms with van der Waals surface area (Å²) in [6.07, 6.45) is 14.1. The molecule has 6 aromatic heterocycles. The molecular weight excluding hydrogens is 346 g/mol. The highest BCUT2D eigenvalue weighted by Crippen LogP contribution is 2.08. The molecule has 11 heteroatoms. The first-order valence-electron chi connectivity index (χ1n) is 8.10. The molecule has 0 amide bonds. The molecule has 1 N–H and O–H groups in total. The van der Waals surface area contributed by atoms with Crippen molar-refractivity contribution in [2.45, 2.75) is 0 Å². The Bertz CT molecular complexity index is 1410. The Balaban J connectivity index is 1.46. The van der Waals surface area contributed by atoms with Crippen molar-refractivity contribution >= 4 is 22.3 Å². The lowest BCUT2D eigenvalue weighted by Gasteiger charge is -1.93. The molecule has 6 rings (SSSR count). The van der Waals surface area contributed by atoms with Gasteiger partial charge in [-0.15, -0.1) is 14.6 Å². The maximum Gasteiger partial charge on any atom is 0.412 e. The fourth-order valence-electron chi connectivity index (χ4n) is 2.97. The van der Waals surface area contributed by atoms with Crippen molar-refractivity contribution in [1.29, 1.82) is 0 Å². The third-order valence-corrected chi connectivity index (χ3v) is 4.28. The van der Waals surface area contributed by atoms with E-state index in [0.717, 1.165) is 22.2 Å². The van der Waals surface area contributed by atoms with Gasteiger partial charge in [-0.1, -0.05) is 9.67 Å². The van der Waals surface area contributed by atoms with E-state index in [9.17, 15) is 0 Å². The smallest absolute Gasteiger partial charge is 0.300 e. The topological polar surface area (TPSA) is 110 Å². The van der Waals surface area contributed by atoms with Crippen LogP contribution in [0.5, 0.6) is 0 Å². The molecular formula is C16H11N11+2. The maximum atomic E-state index is 4.47. The van der Waals surface area contributed by atoms with Crippen molar-refractivity contribution in [1.82, 2.24) is 44.0 Å². The first-order chi connectivity index (χ1) is 13.3. The SMILES string of the molecule is c1ncn2nc(-[n+]3cnc4[nH][n+](-c5ccc6cncn6c5)cc4c3)nc2n1. The number of H-pyrrole nitrogens is 1. The van der Waals surface area contributed by atoms with Gasteiger partial charge in [-0.05, 0) is 11.2 Å². The monoisotopic (exact) mass is 357 g/mol. The molecule has 0 saturated carbocycles. The molecule has 0 spiro atoms. The average Bonchev–Trinajstić information content (AvgIpc) is 3.42. The van der Waals surface area contributed by atoms with E-state index in [0.29, 0.717) is 11.7 Å². The Labute approximate surface area is 150 Å². The molecule has 0 atom stereocenters. The number of pyridine rings is 1. The summed E-state index contributed by atoms with van der Waals surface area (Å²) in [6.45, 7) is 0. The van der Waals surface area contributed by atoms with Gasteiger partial charge in [0, 0.05) is 6.07 Å². The van der Waals surface area contributed by atoms with Crippen molar-refractivity contribution in [3.05, 3.63) is 62.2 Å². The number of imidazole rings is 1. The fourth-order valence-corrected chi connectivity index (χ4v) is 2.97. The molecule has 0 radical (unpaired) electrons. The lowest BCUT2D eigenvalue weighted by Crippen LogP contribution is -2.32. The second-order valence-electron chi connectivity index (χ2n) is 5.97. The number of fused-ring (bicyclic) bond motifs is 3. The summed E-state index contributed by atoms with van der Waals surface area (Å²) in [4.78, 5) is 21.0. The molecule has 0 saturated heterocycles. The molecule has 0 fully saturated rings. The largest absolute Gasteiger partial charge is 0.412 e. The van der Waals surface area contributed by atoms with Crippen LogP contribution in [-0.2, 0) is 0 Å². The van der Waals surface area contributed by atoms with Crippen LogP contribution in [0, 0.1) is 0 Å². The van der Waals surface area contributed by atoms with Crippen LogP contribution in [0.1, 0.15) is 0 Å². The number of hydrogen-bond donors (Lipinski definition) is 1. The maximum absolute atomic E-state index is 4.47. The van der Waals surface area contributed by atoms with Gasteiger partial charge < -0.3 is 0 Å². The Hall–Kier alpha value is -4.28. The second kappa shape index (κ2) is 5.11. The molecule has 6 aromatic rings. The Morgan fingerprint density at radius 1 is 1.04 bits per heavy atom. The van der Waals surface area contributed by atoms with Gasteiger partial charge in [-0.25, -0.2) is 9.97 Å². The summed E-state index contributed by atoms with van der Waals surface area (Å²) in [5, 5.41) is 8.53. The molecule has 0 aliphatic rings. The van der Waals surface area contributed by atoms with E-state index in [1.807, 2.05) is 46.0 Å². The Kier molecular flexibility index (Phi) is 2.64. The molecule has 0 aromatic carbocycles. The summed E-state index contributed by atoms with van der Waals surface area (Å²) in [5.41, 5.74) is 2.75. The van der Waals surface area contributed by atoms with Gasteiger partial charge in [0.1, 0.15) is 18.0 Å². The van der Waals surface area contributed by atoms with E-state index in [1.165, 1.54) is 10.8 Å². The van der Waals surface area contributed by atoms with E-state index in [2.05, 4.69) is 35.1 Å². The van der Waals surface area contributed by atoms with Crippen molar-refractivity contribution in [2.75, 3.05) is 0 Å². The molecule has 11 nitrogen and oxygen atoms in total. The molecule has 27 heavy (non-hydrogen) atoms. The minimum atomic E-state index is 0.470. The highest BCUT2D eigenvalue weighted by molar-refractivity contribution is 5.70. The van der Waals surface area contributed by atoms with E-state index < -0.39 is 0 Å². The van der Waals surface area contributed by atoms with Crippen LogP contribution in [0.4, 0.5) is 0 Å². The zero-order chi connectivity index (χ0) is 17.8. The summed E-state index contributed by atoms with van der Waals surface area (Å²) in [5.74, 6) is 0.947. The number of aromatic amines is 1. The Morgan fingerprint density at radius 3 is 3.00 bits per heavy atom. The van der Waals surface area contributed by atoms with Gasteiger partial charge in [0.15, 0.2) is 0 Å². The van der Waals surface area contributed by atoms with Crippen LogP contribution in [-0.4, -0.2) is 44.0 Å². The molecule has 0 aliphatic carbocycles. The molecule has 0 bridgehead atoms. The standard InChI is InChI=1S/C16H10N11/c1-2-13(6-24-8-17-3-12(1)24)26-5-11-4-25(10-20-14(11)22-26)16-21-15-19-7-18-9-27(15)23-16/h1-10H/q+1/p+1. The summed E-state index contributed by atoms with van der Waals surface area (Å²) in [7, 11) is 0. The van der Waals surface area contributed by atoms with Crippen molar-refractivity contribution < 1.29 is 9.25 Å². The third-order valence-electron chi connectivity index (χ3n) is 4.28. The second-order valence-corrected chi connectivity index (χ2v) is 5.97. The quantitative estimate of drug-likeness (QED) is 0.422.